The molecule has 0 saturated heterocycles. The quantitative estimate of drug-likeness (QED) is 0.168. The summed E-state index contributed by atoms with van der Waals surface area (Å²) >= 11 is 0. The third-order valence-electron chi connectivity index (χ3n) is 11.0. The van der Waals surface area contributed by atoms with E-state index in [0.717, 1.165) is 23.2 Å². The van der Waals surface area contributed by atoms with E-state index in [2.05, 4.69) is 206 Å². The van der Waals surface area contributed by atoms with Gasteiger partial charge < -0.3 is 23.4 Å². The molecule has 294 valence electrons. The van der Waals surface area contributed by atoms with Crippen molar-refractivity contribution in [2.75, 3.05) is 13.3 Å². The van der Waals surface area contributed by atoms with Crippen LogP contribution < -0.4 is 4.74 Å². The van der Waals surface area contributed by atoms with E-state index in [1.807, 2.05) is 36.7 Å². The Kier molecular flexibility index (Phi) is 13.1. The van der Waals surface area contributed by atoms with Crippen LogP contribution in [0, 0.1) is 12.8 Å². The maximum absolute atomic E-state index is 6.29. The van der Waals surface area contributed by atoms with E-state index in [1.54, 1.807) is 0 Å². The lowest BCUT2D eigenvalue weighted by molar-refractivity contribution is 0.112. The van der Waals surface area contributed by atoms with Gasteiger partial charge in [0.25, 0.3) is 0 Å². The topological polar surface area (TPSA) is 50.7 Å². The molecule has 4 unspecified atom stereocenters. The van der Waals surface area contributed by atoms with Crippen LogP contribution in [0.15, 0.2) is 188 Å². The Labute approximate surface area is 346 Å². The fourth-order valence-electron chi connectivity index (χ4n) is 7.76. The molecule has 0 saturated carbocycles. The zero-order valence-corrected chi connectivity index (χ0v) is 36.3. The minimum Gasteiger partial charge on any atom is -0.485 e. The van der Waals surface area contributed by atoms with Crippen molar-refractivity contribution in [1.29, 1.82) is 0 Å². The molecule has 0 amide bonds. The maximum atomic E-state index is 6.29. The van der Waals surface area contributed by atoms with E-state index in [1.165, 1.54) is 60.3 Å². The number of hydrogen-bond donors (Lipinski definition) is 2. The van der Waals surface area contributed by atoms with E-state index < -0.39 is 0 Å². The second kappa shape index (κ2) is 18.8. The van der Waals surface area contributed by atoms with Gasteiger partial charge in [0.05, 0.1) is 11.0 Å². The number of aromatic nitrogens is 4. The maximum Gasteiger partial charge on any atom is 0.127 e. The molecule has 0 spiro atoms. The van der Waals surface area contributed by atoms with Crippen molar-refractivity contribution < 1.29 is 4.74 Å². The summed E-state index contributed by atoms with van der Waals surface area (Å²) in [4.78, 5) is 6.24. The van der Waals surface area contributed by atoms with E-state index >= 15 is 0 Å². The zero-order chi connectivity index (χ0) is 40.5. The normalized spacial score (nSPS) is 16.3. The van der Waals surface area contributed by atoms with Gasteiger partial charge >= 0.3 is 0 Å². The lowest BCUT2D eigenvalue weighted by atomic mass is 9.66. The summed E-state index contributed by atoms with van der Waals surface area (Å²) < 4.78 is 10.8. The number of aryl methyl sites for hydroxylation is 1. The highest BCUT2D eigenvalue weighted by atomic mass is 31.1. The number of nitrogens with zero attached hydrogens (tertiary/aromatic N) is 2. The first-order valence-electron chi connectivity index (χ1n) is 19.9. The van der Waals surface area contributed by atoms with Crippen LogP contribution in [-0.2, 0) is 5.41 Å². The smallest absolute Gasteiger partial charge is 0.127 e. The number of nitrogens with one attached hydrogen (secondary N) is 2. The largest absolute Gasteiger partial charge is 0.485 e. The molecule has 0 fully saturated rings. The second-order valence-electron chi connectivity index (χ2n) is 15.1. The van der Waals surface area contributed by atoms with Crippen LogP contribution in [0.3, 0.4) is 0 Å². The highest BCUT2D eigenvalue weighted by Gasteiger charge is 2.44. The highest BCUT2D eigenvalue weighted by molar-refractivity contribution is 7.35. The van der Waals surface area contributed by atoms with Crippen LogP contribution in [0.25, 0.3) is 43.6 Å². The molecule has 1 aliphatic carbocycles. The zero-order valence-electron chi connectivity index (χ0n) is 34.3. The van der Waals surface area contributed by atoms with Crippen LogP contribution in [0.1, 0.15) is 31.9 Å². The van der Waals surface area contributed by atoms with Gasteiger partial charge in [-0.1, -0.05) is 123 Å². The molecule has 7 heteroatoms. The highest BCUT2D eigenvalue weighted by Crippen LogP contribution is 2.48. The summed E-state index contributed by atoms with van der Waals surface area (Å²) in [5.41, 5.74) is 9.11. The number of rotatable bonds is 2. The molecule has 9 aromatic rings. The molecule has 5 heterocycles. The summed E-state index contributed by atoms with van der Waals surface area (Å²) in [6, 6.07) is 48.3. The lowest BCUT2D eigenvalue weighted by Crippen LogP contribution is -2.45. The summed E-state index contributed by atoms with van der Waals surface area (Å²) in [5.74, 6) is 1.52. The van der Waals surface area contributed by atoms with Gasteiger partial charge in [-0.05, 0) is 126 Å². The third-order valence-corrected chi connectivity index (χ3v) is 12.8. The number of fused-ring (bicyclic) bond motifs is 6. The molecule has 4 aromatic heterocycles. The van der Waals surface area contributed by atoms with Crippen molar-refractivity contribution in [3.05, 3.63) is 199 Å². The van der Waals surface area contributed by atoms with Gasteiger partial charge in [-0.15, -0.1) is 0 Å². The Balaban J connectivity index is 0.000000114. The monoisotopic (exact) mass is 800 g/mol. The first-order valence-corrected chi connectivity index (χ1v) is 22.8. The summed E-state index contributed by atoms with van der Waals surface area (Å²) in [7, 11) is 1.65. The van der Waals surface area contributed by atoms with Crippen LogP contribution in [0.4, 0.5) is 0 Å². The van der Waals surface area contributed by atoms with Crippen molar-refractivity contribution >= 4 is 61.1 Å². The number of aromatic amines is 2. The van der Waals surface area contributed by atoms with Gasteiger partial charge in [0.15, 0.2) is 0 Å². The van der Waals surface area contributed by atoms with Gasteiger partial charge in [-0.3, -0.25) is 0 Å². The molecule has 11 rings (SSSR count). The Morgan fingerprint density at radius 2 is 1.07 bits per heavy atom. The third kappa shape index (κ3) is 9.08. The molecule has 0 radical (unpaired) electrons. The fraction of sp³-hybridized carbons (Fsp3) is 0.176. The molecule has 5 nitrogen and oxygen atoms in total. The number of para-hydroxylation sites is 5. The van der Waals surface area contributed by atoms with Crippen molar-refractivity contribution in [2.24, 2.45) is 5.92 Å². The molecule has 5 aromatic carbocycles. The first kappa shape index (κ1) is 40.6. The molecule has 2 aliphatic rings. The average molecular weight is 801 g/mol. The van der Waals surface area contributed by atoms with Crippen molar-refractivity contribution in [2.45, 2.75) is 39.2 Å². The van der Waals surface area contributed by atoms with Gasteiger partial charge in [-0.25, -0.2) is 0 Å². The SMILES string of the molecule is CC1=CC=CC2C1Oc1c(C)cccc1C2(C)C.CPn1ccc2ccccc21.CPn1ccc2ccccc21.c1ccc2[nH]ccc2c1.c1ccc2[nH]ccc2c1. The van der Waals surface area contributed by atoms with Crippen LogP contribution >= 0.6 is 17.5 Å². The van der Waals surface area contributed by atoms with Crippen LogP contribution in [0.2, 0.25) is 0 Å². The first-order chi connectivity index (χ1) is 28.3. The van der Waals surface area contributed by atoms with Crippen molar-refractivity contribution in [1.82, 2.24) is 18.6 Å². The minimum atomic E-state index is 0.121. The molecule has 58 heavy (non-hydrogen) atoms. The minimum absolute atomic E-state index is 0.121. The summed E-state index contributed by atoms with van der Waals surface area (Å²) in [6.07, 6.45) is 15.0. The number of hydrogen-bond acceptors (Lipinski definition) is 1. The Bertz CT molecular complexity index is 2580. The van der Waals surface area contributed by atoms with Crippen molar-refractivity contribution in [3.63, 3.8) is 0 Å². The van der Waals surface area contributed by atoms with Gasteiger partial charge in [0, 0.05) is 52.7 Å². The molecule has 4 atom stereocenters. The second-order valence-corrected chi connectivity index (χ2v) is 17.0. The fourth-order valence-corrected chi connectivity index (χ4v) is 9.10. The number of H-pyrrole nitrogens is 2. The van der Waals surface area contributed by atoms with E-state index in [9.17, 15) is 0 Å². The van der Waals surface area contributed by atoms with Crippen LogP contribution in [-0.4, -0.2) is 38.1 Å². The van der Waals surface area contributed by atoms with Gasteiger partial charge in [-0.2, -0.15) is 0 Å². The molecular weight excluding hydrogens is 747 g/mol. The van der Waals surface area contributed by atoms with E-state index in [-0.39, 0.29) is 11.5 Å². The number of ether oxygens (including phenoxy) is 1. The Hall–Kier alpha value is -5.60. The lowest BCUT2D eigenvalue weighted by Gasteiger charge is -2.45. The molecular formula is C51H54N4OP2. The predicted octanol–water partition coefficient (Wildman–Crippen LogP) is 13.9. The number of benzene rings is 5. The summed E-state index contributed by atoms with van der Waals surface area (Å²) in [5, 5.41) is 5.22. The van der Waals surface area contributed by atoms with Gasteiger partial charge in [0.2, 0.25) is 0 Å². The molecule has 0 bridgehead atoms. The average Bonchev–Trinajstić information content (AvgIpc) is 4.09. The van der Waals surface area contributed by atoms with Crippen molar-refractivity contribution in [3.8, 4) is 5.75 Å². The Morgan fingerprint density at radius 1 is 0.569 bits per heavy atom. The predicted molar refractivity (Wildman–Crippen MR) is 255 cm³/mol. The van der Waals surface area contributed by atoms with Gasteiger partial charge in [0.1, 0.15) is 11.9 Å². The Morgan fingerprint density at radius 3 is 1.59 bits per heavy atom. The van der Waals surface area contributed by atoms with Crippen LogP contribution in [0.5, 0.6) is 5.75 Å². The molecule has 1 aliphatic heterocycles. The number of allylic oxidation sites excluding steroid dienone is 2. The summed E-state index contributed by atoms with van der Waals surface area (Å²) in [6.45, 7) is 13.3. The van der Waals surface area contributed by atoms with E-state index in [4.69, 9.17) is 4.74 Å². The van der Waals surface area contributed by atoms with E-state index in [0.29, 0.717) is 5.92 Å². The molecule has 2 N–H and O–H groups in total. The standard InChI is InChI=1S/C17H20O.2C9H10NP.2C8H7N/c1-11-7-5-9-13-15(11)18-16-12(2)8-6-10-14(16)17(13,3)4;2*1-11-10-7-6-8-4-2-3-5-9(8)10;2*1-2-4-8-7(3-1)5-6-9-8/h5-10,13,15H,1-4H3;2*2-7,11H,1H3;2*1-6,9H.